The van der Waals surface area contributed by atoms with Gasteiger partial charge in [0.2, 0.25) is 6.79 Å². The number of hydrogen-bond acceptors (Lipinski definition) is 4. The predicted octanol–water partition coefficient (Wildman–Crippen LogP) is 1.85. The fourth-order valence-electron chi connectivity index (χ4n) is 1.92. The smallest absolute Gasteiger partial charge is 0.231 e. The average Bonchev–Trinajstić information content (AvgIpc) is 2.83. The number of nitrogens with zero attached hydrogens (tertiary/aromatic N) is 1. The molecule has 0 aliphatic carbocycles. The zero-order chi connectivity index (χ0) is 13.0. The second-order valence-corrected chi connectivity index (χ2v) is 4.93. The van der Waals surface area contributed by atoms with Crippen LogP contribution >= 0.6 is 0 Å². The number of nitrogens with one attached hydrogen (secondary N) is 1. The molecule has 0 amide bonds. The van der Waals surface area contributed by atoms with Crippen molar-refractivity contribution in [2.24, 2.45) is 0 Å². The monoisotopic (exact) mass is 250 g/mol. The van der Waals surface area contributed by atoms with Crippen LogP contribution in [0, 0.1) is 0 Å². The van der Waals surface area contributed by atoms with Crippen LogP contribution in [0.1, 0.15) is 18.9 Å². The molecule has 18 heavy (non-hydrogen) atoms. The van der Waals surface area contributed by atoms with Crippen molar-refractivity contribution in [1.82, 2.24) is 10.2 Å². The van der Waals surface area contributed by atoms with Crippen molar-refractivity contribution in [2.45, 2.75) is 25.9 Å². The molecule has 0 aromatic heterocycles. The normalized spacial score (nSPS) is 15.1. The molecule has 1 unspecified atom stereocenters. The molecule has 2 rings (SSSR count). The fourth-order valence-corrected chi connectivity index (χ4v) is 1.92. The van der Waals surface area contributed by atoms with Crippen molar-refractivity contribution in [3.8, 4) is 11.5 Å². The zero-order valence-electron chi connectivity index (χ0n) is 11.4. The van der Waals surface area contributed by atoms with E-state index in [0.29, 0.717) is 12.8 Å². The third-order valence-corrected chi connectivity index (χ3v) is 3.41. The molecule has 1 N–H and O–H groups in total. The molecule has 0 saturated carbocycles. The minimum Gasteiger partial charge on any atom is -0.454 e. The van der Waals surface area contributed by atoms with Crippen LogP contribution in [0.5, 0.6) is 11.5 Å². The number of fused-ring (bicyclic) bond motifs is 1. The van der Waals surface area contributed by atoms with Gasteiger partial charge in [-0.1, -0.05) is 12.1 Å². The van der Waals surface area contributed by atoms with Crippen molar-refractivity contribution in [3.63, 3.8) is 0 Å². The summed E-state index contributed by atoms with van der Waals surface area (Å²) in [5.41, 5.74) is 1.17. The average molecular weight is 250 g/mol. The van der Waals surface area contributed by atoms with Crippen molar-refractivity contribution in [1.29, 1.82) is 0 Å². The van der Waals surface area contributed by atoms with Crippen LogP contribution in [-0.2, 0) is 6.54 Å². The first-order chi connectivity index (χ1) is 8.68. The Hall–Kier alpha value is -1.26. The molecule has 1 aliphatic heterocycles. The van der Waals surface area contributed by atoms with Crippen LogP contribution < -0.4 is 14.8 Å². The lowest BCUT2D eigenvalue weighted by Gasteiger charge is -2.19. The van der Waals surface area contributed by atoms with Gasteiger partial charge in [-0.15, -0.1) is 0 Å². The van der Waals surface area contributed by atoms with E-state index < -0.39 is 0 Å². The van der Waals surface area contributed by atoms with E-state index in [1.807, 2.05) is 12.1 Å². The molecule has 4 nitrogen and oxygen atoms in total. The van der Waals surface area contributed by atoms with E-state index >= 15 is 0 Å². The standard InChI is InChI=1S/C14H22N2O2/c1-11(16(2)3)7-8-15-9-12-5-4-6-13-14(12)18-10-17-13/h4-6,11,15H,7-10H2,1-3H3. The van der Waals surface area contributed by atoms with Crippen LogP contribution in [0.2, 0.25) is 0 Å². The third kappa shape index (κ3) is 3.15. The summed E-state index contributed by atoms with van der Waals surface area (Å²) >= 11 is 0. The Morgan fingerprint density at radius 2 is 2.17 bits per heavy atom. The summed E-state index contributed by atoms with van der Waals surface area (Å²) in [6, 6.07) is 6.63. The topological polar surface area (TPSA) is 33.7 Å². The fraction of sp³-hybridized carbons (Fsp3) is 0.571. The molecule has 1 atom stereocenters. The molecule has 100 valence electrons. The molecular formula is C14H22N2O2. The highest BCUT2D eigenvalue weighted by Gasteiger charge is 2.16. The van der Waals surface area contributed by atoms with Gasteiger partial charge in [0.1, 0.15) is 0 Å². The summed E-state index contributed by atoms with van der Waals surface area (Å²) < 4.78 is 10.8. The molecule has 1 aliphatic rings. The second-order valence-electron chi connectivity index (χ2n) is 4.93. The van der Waals surface area contributed by atoms with Gasteiger partial charge in [-0.3, -0.25) is 0 Å². The number of hydrogen-bond donors (Lipinski definition) is 1. The zero-order valence-corrected chi connectivity index (χ0v) is 11.4. The van der Waals surface area contributed by atoms with Crippen LogP contribution in [0.25, 0.3) is 0 Å². The Bertz CT molecular complexity index is 393. The molecule has 1 aromatic carbocycles. The quantitative estimate of drug-likeness (QED) is 0.781. The second kappa shape index (κ2) is 6.07. The van der Waals surface area contributed by atoms with Gasteiger partial charge >= 0.3 is 0 Å². The third-order valence-electron chi connectivity index (χ3n) is 3.41. The largest absolute Gasteiger partial charge is 0.454 e. The highest BCUT2D eigenvalue weighted by Crippen LogP contribution is 2.35. The SMILES string of the molecule is CC(CCNCc1cccc2c1OCO2)N(C)C. The molecular weight excluding hydrogens is 228 g/mol. The van der Waals surface area contributed by atoms with E-state index in [9.17, 15) is 0 Å². The summed E-state index contributed by atoms with van der Waals surface area (Å²) in [5.74, 6) is 1.75. The van der Waals surface area contributed by atoms with Gasteiger partial charge in [0, 0.05) is 18.2 Å². The molecule has 0 saturated heterocycles. The number of ether oxygens (including phenoxy) is 2. The maximum absolute atomic E-state index is 5.48. The Morgan fingerprint density at radius 3 is 2.94 bits per heavy atom. The minimum absolute atomic E-state index is 0.337. The molecule has 0 radical (unpaired) electrons. The number of rotatable bonds is 6. The van der Waals surface area contributed by atoms with Gasteiger partial charge in [0.15, 0.2) is 11.5 Å². The lowest BCUT2D eigenvalue weighted by atomic mass is 10.1. The Kier molecular flexibility index (Phi) is 4.44. The van der Waals surface area contributed by atoms with Gasteiger partial charge in [-0.05, 0) is 40.1 Å². The highest BCUT2D eigenvalue weighted by atomic mass is 16.7. The minimum atomic E-state index is 0.337. The first-order valence-electron chi connectivity index (χ1n) is 6.43. The van der Waals surface area contributed by atoms with E-state index in [1.165, 1.54) is 5.56 Å². The van der Waals surface area contributed by atoms with Gasteiger partial charge in [0.05, 0.1) is 0 Å². The molecule has 1 aromatic rings. The Morgan fingerprint density at radius 1 is 1.33 bits per heavy atom. The van der Waals surface area contributed by atoms with Crippen molar-refractivity contribution < 1.29 is 9.47 Å². The summed E-state index contributed by atoms with van der Waals surface area (Å²) in [7, 11) is 4.22. The van der Waals surface area contributed by atoms with Crippen LogP contribution in [0.4, 0.5) is 0 Å². The molecule has 0 bridgehead atoms. The van der Waals surface area contributed by atoms with E-state index in [-0.39, 0.29) is 0 Å². The lowest BCUT2D eigenvalue weighted by Crippen LogP contribution is -2.28. The van der Waals surface area contributed by atoms with Crippen molar-refractivity contribution in [2.75, 3.05) is 27.4 Å². The molecule has 1 heterocycles. The van der Waals surface area contributed by atoms with Crippen LogP contribution in [0.3, 0.4) is 0 Å². The Labute approximate surface area is 109 Å². The first kappa shape index (κ1) is 13.2. The molecule has 0 fully saturated rings. The van der Waals surface area contributed by atoms with Gasteiger partial charge < -0.3 is 19.7 Å². The van der Waals surface area contributed by atoms with E-state index in [0.717, 1.165) is 31.0 Å². The number of benzene rings is 1. The van der Waals surface area contributed by atoms with Crippen LogP contribution in [0.15, 0.2) is 18.2 Å². The molecule has 0 spiro atoms. The summed E-state index contributed by atoms with van der Waals surface area (Å²) in [6.45, 7) is 4.40. The number of para-hydroxylation sites is 1. The van der Waals surface area contributed by atoms with Gasteiger partial charge in [-0.2, -0.15) is 0 Å². The maximum Gasteiger partial charge on any atom is 0.231 e. The van der Waals surface area contributed by atoms with E-state index in [4.69, 9.17) is 9.47 Å². The maximum atomic E-state index is 5.48. The summed E-state index contributed by atoms with van der Waals surface area (Å²) in [6.07, 6.45) is 1.14. The van der Waals surface area contributed by atoms with Gasteiger partial charge in [-0.25, -0.2) is 0 Å². The summed E-state index contributed by atoms with van der Waals surface area (Å²) in [5, 5.41) is 3.45. The van der Waals surface area contributed by atoms with Gasteiger partial charge in [0.25, 0.3) is 0 Å². The van der Waals surface area contributed by atoms with Crippen molar-refractivity contribution >= 4 is 0 Å². The first-order valence-corrected chi connectivity index (χ1v) is 6.43. The predicted molar refractivity (Wildman–Crippen MR) is 72.0 cm³/mol. The molecule has 4 heteroatoms. The van der Waals surface area contributed by atoms with Crippen LogP contribution in [-0.4, -0.2) is 38.4 Å². The lowest BCUT2D eigenvalue weighted by molar-refractivity contribution is 0.173. The Balaban J connectivity index is 1.79. The summed E-state index contributed by atoms with van der Waals surface area (Å²) in [4.78, 5) is 2.23. The van der Waals surface area contributed by atoms with E-state index in [1.54, 1.807) is 0 Å². The van der Waals surface area contributed by atoms with Crippen molar-refractivity contribution in [3.05, 3.63) is 23.8 Å². The van der Waals surface area contributed by atoms with E-state index in [2.05, 4.69) is 37.3 Å². The highest BCUT2D eigenvalue weighted by molar-refractivity contribution is 5.48.